The Kier molecular flexibility index (Phi) is 2.57. The molecule has 130 valence electrons. The predicted octanol–water partition coefficient (Wildman–Crippen LogP) is 1.12. The van der Waals surface area contributed by atoms with Crippen molar-refractivity contribution in [2.24, 2.45) is 35.5 Å². The van der Waals surface area contributed by atoms with Crippen LogP contribution in [0.1, 0.15) is 11.2 Å². The third-order valence-corrected chi connectivity index (χ3v) is 6.64. The van der Waals surface area contributed by atoms with E-state index in [9.17, 15) is 14.4 Å². The smallest absolute Gasteiger partial charge is 0.268 e. The minimum Gasteiger partial charge on any atom is -0.274 e. The highest BCUT2D eigenvalue weighted by molar-refractivity contribution is 6.08. The molecule has 6 atom stereocenters. The molecule has 2 aromatic rings. The summed E-state index contributed by atoms with van der Waals surface area (Å²) in [6.07, 6.45) is 5.38. The third kappa shape index (κ3) is 1.65. The zero-order valence-electron chi connectivity index (χ0n) is 13.9. The van der Waals surface area contributed by atoms with Crippen LogP contribution in [0.2, 0.25) is 0 Å². The molecule has 1 aliphatic heterocycles. The first kappa shape index (κ1) is 14.4. The molecule has 1 saturated heterocycles. The lowest BCUT2D eigenvalue weighted by molar-refractivity contribution is -0.139. The van der Waals surface area contributed by atoms with Crippen LogP contribution in [0.25, 0.3) is 11.0 Å². The topological polar surface area (TPSA) is 85.2 Å². The highest BCUT2D eigenvalue weighted by Crippen LogP contribution is 2.65. The molecule has 2 saturated carbocycles. The number of hydrogen-bond donors (Lipinski definition) is 0. The fourth-order valence-corrected chi connectivity index (χ4v) is 5.43. The molecule has 2 bridgehead atoms. The first-order valence-corrected chi connectivity index (χ1v) is 9.02. The standard InChI is InChI=1S/C19H16N4O3/c24-15(23-14-4-2-1-3-13(14)20-21-23)8-22-18(25)16-9-5-6-10(12-7-11(9)12)17(16)19(22)26/h1-6,9-12,16-17H,7-8H2/t9-,10-,11-,12-,16+,17+/m0/s1. The number of fused-ring (bicyclic) bond motifs is 1. The van der Waals surface area contributed by atoms with E-state index in [4.69, 9.17) is 0 Å². The van der Waals surface area contributed by atoms with Gasteiger partial charge >= 0.3 is 0 Å². The lowest BCUT2D eigenvalue weighted by Gasteiger charge is -2.37. The molecule has 0 spiro atoms. The number of para-hydroxylation sites is 1. The van der Waals surface area contributed by atoms with Gasteiger partial charge in [0.1, 0.15) is 12.1 Å². The van der Waals surface area contributed by atoms with Gasteiger partial charge in [-0.3, -0.25) is 19.3 Å². The van der Waals surface area contributed by atoms with E-state index in [1.54, 1.807) is 18.2 Å². The minimum absolute atomic E-state index is 0.166. The largest absolute Gasteiger partial charge is 0.274 e. The van der Waals surface area contributed by atoms with Crippen molar-refractivity contribution in [3.8, 4) is 0 Å². The Hall–Kier alpha value is -2.83. The normalized spacial score (nSPS) is 36.5. The van der Waals surface area contributed by atoms with E-state index in [0.29, 0.717) is 22.9 Å². The maximum atomic E-state index is 12.9. The molecule has 1 aromatic heterocycles. The van der Waals surface area contributed by atoms with E-state index in [2.05, 4.69) is 22.5 Å². The maximum absolute atomic E-state index is 12.9. The van der Waals surface area contributed by atoms with Gasteiger partial charge in [0.05, 0.1) is 17.4 Å². The summed E-state index contributed by atoms with van der Waals surface area (Å²) in [6.45, 7) is -0.271. The second-order valence-corrected chi connectivity index (χ2v) is 7.80. The van der Waals surface area contributed by atoms with Crippen LogP contribution in [0.15, 0.2) is 36.4 Å². The average Bonchev–Trinajstić information content (AvgIpc) is 3.32. The zero-order valence-corrected chi connectivity index (χ0v) is 13.9. The lowest BCUT2D eigenvalue weighted by atomic mass is 9.63. The molecule has 0 unspecified atom stereocenters. The number of likely N-dealkylation sites (tertiary alicyclic amines) is 1. The fourth-order valence-electron chi connectivity index (χ4n) is 5.43. The van der Waals surface area contributed by atoms with Gasteiger partial charge < -0.3 is 0 Å². The van der Waals surface area contributed by atoms with Crippen LogP contribution in [0, 0.1) is 35.5 Å². The van der Waals surface area contributed by atoms with Gasteiger partial charge in [-0.15, -0.1) is 5.10 Å². The van der Waals surface area contributed by atoms with Gasteiger partial charge in [-0.05, 0) is 42.2 Å². The minimum atomic E-state index is -0.412. The van der Waals surface area contributed by atoms with E-state index in [0.717, 1.165) is 11.3 Å². The third-order valence-electron chi connectivity index (χ3n) is 6.64. The van der Waals surface area contributed by atoms with Gasteiger partial charge in [0.25, 0.3) is 5.91 Å². The zero-order chi connectivity index (χ0) is 17.6. The van der Waals surface area contributed by atoms with E-state index >= 15 is 0 Å². The average molecular weight is 348 g/mol. The number of nitrogens with zero attached hydrogens (tertiary/aromatic N) is 4. The Bertz CT molecular complexity index is 989. The van der Waals surface area contributed by atoms with Crippen molar-refractivity contribution in [3.05, 3.63) is 36.4 Å². The van der Waals surface area contributed by atoms with Gasteiger partial charge in [-0.25, -0.2) is 0 Å². The number of aromatic nitrogens is 3. The van der Waals surface area contributed by atoms with Crippen molar-refractivity contribution in [2.45, 2.75) is 6.42 Å². The summed E-state index contributed by atoms with van der Waals surface area (Å²) in [5.41, 5.74) is 1.19. The van der Waals surface area contributed by atoms with Gasteiger partial charge in [-0.2, -0.15) is 4.68 Å². The molecule has 7 rings (SSSR count). The molecule has 4 aliphatic carbocycles. The number of carbonyl (C=O) groups is 3. The van der Waals surface area contributed by atoms with E-state index in [-0.39, 0.29) is 42.0 Å². The molecule has 7 nitrogen and oxygen atoms in total. The number of benzene rings is 1. The number of rotatable bonds is 2. The molecule has 3 fully saturated rings. The Morgan fingerprint density at radius 1 is 1.04 bits per heavy atom. The SMILES string of the molecule is O=C1[C@@H]2[C@H]3C=C[C@@H]([C@@H]4C[C@@H]34)[C@H]2C(=O)N1CC(=O)n1nnc2ccccc21. The van der Waals surface area contributed by atoms with Crippen LogP contribution in [-0.2, 0) is 9.59 Å². The van der Waals surface area contributed by atoms with E-state index < -0.39 is 5.91 Å². The fraction of sp³-hybridized carbons (Fsp3) is 0.421. The Labute approximate surface area is 148 Å². The quantitative estimate of drug-likeness (QED) is 0.600. The van der Waals surface area contributed by atoms with Crippen molar-refractivity contribution in [1.29, 1.82) is 0 Å². The van der Waals surface area contributed by atoms with Gasteiger partial charge in [-0.1, -0.05) is 29.5 Å². The van der Waals surface area contributed by atoms with Crippen molar-refractivity contribution >= 4 is 28.8 Å². The molecule has 2 heterocycles. The van der Waals surface area contributed by atoms with Crippen LogP contribution in [0.3, 0.4) is 0 Å². The molecule has 0 N–H and O–H groups in total. The maximum Gasteiger partial charge on any atom is 0.268 e. The Morgan fingerprint density at radius 2 is 1.69 bits per heavy atom. The molecule has 1 aromatic carbocycles. The monoisotopic (exact) mass is 348 g/mol. The number of carbonyl (C=O) groups excluding carboxylic acids is 3. The first-order valence-electron chi connectivity index (χ1n) is 9.02. The van der Waals surface area contributed by atoms with Crippen molar-refractivity contribution < 1.29 is 14.4 Å². The van der Waals surface area contributed by atoms with Crippen LogP contribution < -0.4 is 0 Å². The number of imide groups is 1. The van der Waals surface area contributed by atoms with E-state index in [1.807, 2.05) is 6.07 Å². The highest BCUT2D eigenvalue weighted by Gasteiger charge is 2.67. The van der Waals surface area contributed by atoms with Crippen LogP contribution in [-0.4, -0.2) is 44.2 Å². The summed E-state index contributed by atoms with van der Waals surface area (Å²) >= 11 is 0. The van der Waals surface area contributed by atoms with Crippen molar-refractivity contribution in [3.63, 3.8) is 0 Å². The molecule has 7 heteroatoms. The van der Waals surface area contributed by atoms with Gasteiger partial charge in [0.15, 0.2) is 0 Å². The summed E-state index contributed by atoms with van der Waals surface area (Å²) in [6, 6.07) is 7.13. The van der Waals surface area contributed by atoms with E-state index in [1.165, 1.54) is 4.68 Å². The summed E-state index contributed by atoms with van der Waals surface area (Å²) < 4.78 is 1.18. The molecule has 26 heavy (non-hydrogen) atoms. The lowest BCUT2D eigenvalue weighted by Crippen LogP contribution is -2.40. The number of amides is 2. The summed E-state index contributed by atoms with van der Waals surface area (Å²) in [5.74, 6) is 0.0888. The molecular weight excluding hydrogens is 332 g/mol. The Balaban J connectivity index is 1.31. The molecule has 0 radical (unpaired) electrons. The van der Waals surface area contributed by atoms with Crippen molar-refractivity contribution in [1.82, 2.24) is 19.9 Å². The first-order chi connectivity index (χ1) is 12.6. The second kappa shape index (κ2) is 4.66. The summed E-state index contributed by atoms with van der Waals surface area (Å²) in [7, 11) is 0. The molecular formula is C19H16N4O3. The molecule has 5 aliphatic rings. The predicted molar refractivity (Wildman–Crippen MR) is 89.6 cm³/mol. The van der Waals surface area contributed by atoms with Crippen LogP contribution in [0.4, 0.5) is 0 Å². The second-order valence-electron chi connectivity index (χ2n) is 7.80. The van der Waals surface area contributed by atoms with Crippen molar-refractivity contribution in [2.75, 3.05) is 6.54 Å². The Morgan fingerprint density at radius 3 is 2.38 bits per heavy atom. The number of hydrogen-bond acceptors (Lipinski definition) is 5. The summed E-state index contributed by atoms with van der Waals surface area (Å²) in [4.78, 5) is 39.8. The summed E-state index contributed by atoms with van der Waals surface area (Å²) in [5, 5.41) is 7.86. The number of allylic oxidation sites excluding steroid dienone is 2. The highest BCUT2D eigenvalue weighted by atomic mass is 16.2. The van der Waals surface area contributed by atoms with Crippen LogP contribution in [0.5, 0.6) is 0 Å². The molecule has 2 amide bonds. The van der Waals surface area contributed by atoms with Gasteiger partial charge in [0, 0.05) is 0 Å². The van der Waals surface area contributed by atoms with Gasteiger partial charge in [0.2, 0.25) is 11.8 Å². The van der Waals surface area contributed by atoms with Crippen LogP contribution >= 0.6 is 0 Å².